The molecule has 2 N–H and O–H groups in total. The molecule has 1 amide bonds. The quantitative estimate of drug-likeness (QED) is 0.398. The number of thiophene rings is 1. The number of unbranched alkanes of at least 4 members (excludes halogenated alkanes) is 3. The lowest BCUT2D eigenvalue weighted by molar-refractivity contribution is -0.117. The van der Waals surface area contributed by atoms with Gasteiger partial charge in [-0.05, 0) is 37.7 Å². The molecule has 2 aromatic rings. The molecule has 3 rings (SSSR count). The minimum atomic E-state index is -0.354. The van der Waals surface area contributed by atoms with Crippen LogP contribution in [-0.2, 0) is 24.2 Å². The number of nitrogens with zero attached hydrogens (tertiary/aromatic N) is 2. The molecule has 0 fully saturated rings. The van der Waals surface area contributed by atoms with Gasteiger partial charge in [-0.1, -0.05) is 44.9 Å². The van der Waals surface area contributed by atoms with E-state index in [-0.39, 0.29) is 16.7 Å². The van der Waals surface area contributed by atoms with Crippen molar-refractivity contribution in [3.8, 4) is 0 Å². The predicted molar refractivity (Wildman–Crippen MR) is 109 cm³/mol. The lowest BCUT2D eigenvalue weighted by Crippen LogP contribution is -2.28. The summed E-state index contributed by atoms with van der Waals surface area (Å²) in [5, 5.41) is 1.10. The highest BCUT2D eigenvalue weighted by Gasteiger charge is 2.25. The fourth-order valence-corrected chi connectivity index (χ4v) is 5.80. The summed E-state index contributed by atoms with van der Waals surface area (Å²) in [6.07, 6.45) is 8.16. The first-order chi connectivity index (χ1) is 12.6. The number of thioether (sulfide) groups is 1. The van der Waals surface area contributed by atoms with Crippen molar-refractivity contribution in [2.24, 2.45) is 5.73 Å². The number of aryl methyl sites for hydroxylation is 2. The van der Waals surface area contributed by atoms with Crippen LogP contribution in [0.4, 0.5) is 0 Å². The van der Waals surface area contributed by atoms with E-state index in [4.69, 9.17) is 10.7 Å². The summed E-state index contributed by atoms with van der Waals surface area (Å²) in [7, 11) is 0. The normalized spacial score (nSPS) is 14.7. The van der Waals surface area contributed by atoms with Crippen LogP contribution in [0.1, 0.15) is 62.8 Å². The van der Waals surface area contributed by atoms with Gasteiger partial charge in [0.15, 0.2) is 5.16 Å². The largest absolute Gasteiger partial charge is 0.369 e. The standard InChI is InChI=1S/C19H27N3O2S2/c1-3-5-6-7-11-22-18(24)15-12-9-8-10-14(12)25-17(15)21-19(22)26-13(4-2)16(20)23/h13H,3-11H2,1-2H3,(H2,20,23). The zero-order chi connectivity index (χ0) is 18.7. The Morgan fingerprint density at radius 3 is 2.81 bits per heavy atom. The van der Waals surface area contributed by atoms with Gasteiger partial charge in [-0.2, -0.15) is 0 Å². The third-order valence-electron chi connectivity index (χ3n) is 4.96. The van der Waals surface area contributed by atoms with Gasteiger partial charge in [-0.3, -0.25) is 14.2 Å². The van der Waals surface area contributed by atoms with Crippen LogP contribution in [0.15, 0.2) is 9.95 Å². The molecule has 0 aromatic carbocycles. The summed E-state index contributed by atoms with van der Waals surface area (Å²) in [6, 6.07) is 0. The number of amides is 1. The van der Waals surface area contributed by atoms with E-state index < -0.39 is 0 Å². The number of fused-ring (bicyclic) bond motifs is 3. The summed E-state index contributed by atoms with van der Waals surface area (Å²) < 4.78 is 1.79. The predicted octanol–water partition coefficient (Wildman–Crippen LogP) is 3.88. The monoisotopic (exact) mass is 393 g/mol. The van der Waals surface area contributed by atoms with E-state index in [1.807, 2.05) is 6.92 Å². The van der Waals surface area contributed by atoms with E-state index in [1.54, 1.807) is 15.9 Å². The molecule has 7 heteroatoms. The van der Waals surface area contributed by atoms with Crippen molar-refractivity contribution in [2.45, 2.75) is 82.2 Å². The molecule has 0 saturated heterocycles. The fourth-order valence-electron chi connectivity index (χ4n) is 3.51. The Bertz CT molecular complexity index is 857. The first-order valence-corrected chi connectivity index (χ1v) is 11.3. The number of carbonyl (C=O) groups excluding carboxylic acids is 1. The fraction of sp³-hybridized carbons (Fsp3) is 0.632. The Hall–Kier alpha value is -1.34. The first-order valence-electron chi connectivity index (χ1n) is 9.57. The highest BCUT2D eigenvalue weighted by atomic mass is 32.2. The zero-order valence-corrected chi connectivity index (χ0v) is 17.2. The second-order valence-electron chi connectivity index (χ2n) is 6.87. The minimum absolute atomic E-state index is 0.0627. The van der Waals surface area contributed by atoms with Crippen LogP contribution >= 0.6 is 23.1 Å². The average Bonchev–Trinajstić information content (AvgIpc) is 3.18. The van der Waals surface area contributed by atoms with E-state index in [2.05, 4.69) is 6.92 Å². The highest BCUT2D eigenvalue weighted by Crippen LogP contribution is 2.36. The number of carbonyl (C=O) groups is 1. The summed E-state index contributed by atoms with van der Waals surface area (Å²) in [5.74, 6) is -0.349. The molecule has 2 heterocycles. The van der Waals surface area contributed by atoms with Crippen molar-refractivity contribution in [3.05, 3.63) is 20.8 Å². The summed E-state index contributed by atoms with van der Waals surface area (Å²) >= 11 is 2.99. The average molecular weight is 394 g/mol. The van der Waals surface area contributed by atoms with Crippen LogP contribution in [-0.4, -0.2) is 20.7 Å². The van der Waals surface area contributed by atoms with Gasteiger partial charge in [0.05, 0.1) is 10.6 Å². The second kappa shape index (κ2) is 8.57. The van der Waals surface area contributed by atoms with Gasteiger partial charge >= 0.3 is 0 Å². The van der Waals surface area contributed by atoms with Crippen LogP contribution in [0.25, 0.3) is 10.2 Å². The lowest BCUT2D eigenvalue weighted by Gasteiger charge is -2.15. The lowest BCUT2D eigenvalue weighted by atomic mass is 10.2. The van der Waals surface area contributed by atoms with E-state index in [0.717, 1.165) is 48.7 Å². The molecule has 0 saturated carbocycles. The van der Waals surface area contributed by atoms with Crippen LogP contribution < -0.4 is 11.3 Å². The van der Waals surface area contributed by atoms with Crippen molar-refractivity contribution in [1.82, 2.24) is 9.55 Å². The molecule has 0 spiro atoms. The van der Waals surface area contributed by atoms with Crippen LogP contribution in [0, 0.1) is 0 Å². The topological polar surface area (TPSA) is 78.0 Å². The van der Waals surface area contributed by atoms with Crippen molar-refractivity contribution >= 4 is 39.2 Å². The van der Waals surface area contributed by atoms with E-state index in [9.17, 15) is 9.59 Å². The van der Waals surface area contributed by atoms with Crippen molar-refractivity contribution in [3.63, 3.8) is 0 Å². The molecule has 1 aliphatic rings. The smallest absolute Gasteiger partial charge is 0.263 e. The molecule has 1 unspecified atom stereocenters. The maximum Gasteiger partial charge on any atom is 0.263 e. The maximum absolute atomic E-state index is 13.3. The SMILES string of the molecule is CCCCCCn1c(SC(CC)C(N)=O)nc2sc3c(c2c1=O)CCC3. The molecule has 0 aliphatic heterocycles. The minimum Gasteiger partial charge on any atom is -0.369 e. The molecule has 2 aromatic heterocycles. The Morgan fingerprint density at radius 2 is 2.12 bits per heavy atom. The number of primary amides is 1. The van der Waals surface area contributed by atoms with E-state index in [1.165, 1.54) is 28.6 Å². The maximum atomic E-state index is 13.3. The molecule has 1 aliphatic carbocycles. The van der Waals surface area contributed by atoms with Crippen LogP contribution in [0.5, 0.6) is 0 Å². The van der Waals surface area contributed by atoms with E-state index in [0.29, 0.717) is 18.1 Å². The molecule has 0 bridgehead atoms. The van der Waals surface area contributed by atoms with Gasteiger partial charge in [0.25, 0.3) is 5.56 Å². The Kier molecular flexibility index (Phi) is 6.40. The van der Waals surface area contributed by atoms with Crippen LogP contribution in [0.2, 0.25) is 0 Å². The molecule has 1 atom stereocenters. The number of aromatic nitrogens is 2. The number of nitrogens with two attached hydrogens (primary N) is 1. The highest BCUT2D eigenvalue weighted by molar-refractivity contribution is 8.00. The molecular weight excluding hydrogens is 366 g/mol. The third-order valence-corrected chi connectivity index (χ3v) is 7.52. The zero-order valence-electron chi connectivity index (χ0n) is 15.5. The van der Waals surface area contributed by atoms with Gasteiger partial charge in [-0.15, -0.1) is 11.3 Å². The van der Waals surface area contributed by atoms with Crippen molar-refractivity contribution in [2.75, 3.05) is 0 Å². The van der Waals surface area contributed by atoms with Gasteiger partial charge in [0, 0.05) is 11.4 Å². The third kappa shape index (κ3) is 3.83. The Labute approximate surface area is 162 Å². The van der Waals surface area contributed by atoms with Crippen LogP contribution in [0.3, 0.4) is 0 Å². The van der Waals surface area contributed by atoms with Gasteiger partial charge in [-0.25, -0.2) is 4.98 Å². The molecule has 26 heavy (non-hydrogen) atoms. The van der Waals surface area contributed by atoms with Crippen molar-refractivity contribution in [1.29, 1.82) is 0 Å². The second-order valence-corrected chi connectivity index (χ2v) is 9.12. The summed E-state index contributed by atoms with van der Waals surface area (Å²) in [5.41, 5.74) is 6.80. The van der Waals surface area contributed by atoms with Gasteiger partial charge < -0.3 is 5.73 Å². The van der Waals surface area contributed by atoms with Crippen molar-refractivity contribution < 1.29 is 4.79 Å². The summed E-state index contributed by atoms with van der Waals surface area (Å²) in [4.78, 5) is 31.9. The van der Waals surface area contributed by atoms with E-state index >= 15 is 0 Å². The number of rotatable bonds is 9. The molecule has 0 radical (unpaired) electrons. The number of hydrogen-bond acceptors (Lipinski definition) is 5. The first kappa shape index (κ1) is 19.4. The number of hydrogen-bond donors (Lipinski definition) is 1. The van der Waals surface area contributed by atoms with Gasteiger partial charge in [0.2, 0.25) is 5.91 Å². The van der Waals surface area contributed by atoms with Gasteiger partial charge in [0.1, 0.15) is 4.83 Å². The molecular formula is C19H27N3O2S2. The Balaban J connectivity index is 2.02. The Morgan fingerprint density at radius 1 is 1.31 bits per heavy atom. The molecule has 5 nitrogen and oxygen atoms in total. The molecule has 142 valence electrons. The summed E-state index contributed by atoms with van der Waals surface area (Å²) in [6.45, 7) is 4.77.